The van der Waals surface area contributed by atoms with Gasteiger partial charge in [0.2, 0.25) is 13.5 Å². The molecule has 3 amide bonds. The molecule has 0 bridgehead atoms. The van der Waals surface area contributed by atoms with Crippen LogP contribution in [0.4, 0.5) is 4.79 Å². The molecule has 16 heteroatoms. The quantitative estimate of drug-likeness (QED) is 0.255. The molecule has 0 spiro atoms. The van der Waals surface area contributed by atoms with E-state index in [1.807, 2.05) is 0 Å². The predicted molar refractivity (Wildman–Crippen MR) is 143 cm³/mol. The molecular weight excluding hydrogens is 635 g/mol. The molecule has 2 aliphatic rings. The molecule has 0 aromatic heterocycles. The first-order chi connectivity index (χ1) is 17.2. The van der Waals surface area contributed by atoms with E-state index in [0.717, 1.165) is 0 Å². The van der Waals surface area contributed by atoms with Crippen LogP contribution >= 0.6 is 81.4 Å². The zero-order valence-electron chi connectivity index (χ0n) is 18.8. The van der Waals surface area contributed by atoms with Gasteiger partial charge in [-0.3, -0.25) is 14.5 Å². The van der Waals surface area contributed by atoms with Gasteiger partial charge in [-0.2, -0.15) is 0 Å². The van der Waals surface area contributed by atoms with Gasteiger partial charge in [0.15, 0.2) is 0 Å². The lowest BCUT2D eigenvalue weighted by Crippen LogP contribution is -2.71. The second-order valence-electron chi connectivity index (χ2n) is 7.90. The van der Waals surface area contributed by atoms with Crippen LogP contribution in [0.3, 0.4) is 0 Å². The number of rotatable bonds is 7. The highest BCUT2D eigenvalue weighted by Crippen LogP contribution is 2.41. The van der Waals surface area contributed by atoms with E-state index >= 15 is 0 Å². The van der Waals surface area contributed by atoms with Gasteiger partial charge >= 0.3 is 12.1 Å². The summed E-state index contributed by atoms with van der Waals surface area (Å²) in [6.07, 6.45) is -1.01. The van der Waals surface area contributed by atoms with E-state index in [2.05, 4.69) is 10.6 Å². The average molecular weight is 654 g/mol. The van der Waals surface area contributed by atoms with Crippen LogP contribution in [0, 0.1) is 0 Å². The van der Waals surface area contributed by atoms with Crippen molar-refractivity contribution < 1.29 is 28.7 Å². The number of halogens is 6. The molecule has 3 rings (SSSR count). The van der Waals surface area contributed by atoms with Crippen LogP contribution < -0.4 is 10.6 Å². The van der Waals surface area contributed by atoms with E-state index in [1.165, 1.54) is 16.7 Å². The molecule has 0 aliphatic carbocycles. The van der Waals surface area contributed by atoms with Gasteiger partial charge in [-0.05, 0) is 18.1 Å². The van der Waals surface area contributed by atoms with Gasteiger partial charge in [0.05, 0.1) is 0 Å². The molecule has 2 aliphatic heterocycles. The van der Waals surface area contributed by atoms with Gasteiger partial charge in [0.25, 0.3) is 5.91 Å². The molecule has 0 radical (unpaired) electrons. The Kier molecular flexibility index (Phi) is 10.0. The van der Waals surface area contributed by atoms with E-state index in [9.17, 15) is 19.2 Å². The molecule has 202 valence electrons. The lowest BCUT2D eigenvalue weighted by atomic mass is 10.0. The highest BCUT2D eigenvalue weighted by Gasteiger charge is 2.54. The molecule has 3 atom stereocenters. The summed E-state index contributed by atoms with van der Waals surface area (Å²) in [6.45, 7) is 0.614. The zero-order valence-corrected chi connectivity index (χ0v) is 24.2. The molecule has 2 heterocycles. The molecule has 2 unspecified atom stereocenters. The Hall–Kier alpha value is -1.27. The first-order valence-corrected chi connectivity index (χ1v) is 13.7. The number of hydrogen-bond acceptors (Lipinski definition) is 7. The molecule has 1 fully saturated rings. The Morgan fingerprint density at radius 3 is 2.24 bits per heavy atom. The van der Waals surface area contributed by atoms with E-state index in [0.29, 0.717) is 16.9 Å². The van der Waals surface area contributed by atoms with Crippen LogP contribution in [-0.2, 0) is 23.9 Å². The average Bonchev–Trinajstić information content (AvgIpc) is 2.82. The number of alkyl carbamates (subject to hydrolysis) is 1. The van der Waals surface area contributed by atoms with Gasteiger partial charge in [-0.1, -0.05) is 99.9 Å². The standard InChI is InChI=1S/C21H19Cl6N3O6S/c1-10-7-37-17-13(16(32)30(17)14(10)18(33)35-8-20(22,23)24)28-15(31)12(11-5-3-2-4-6-11)29-19(34)36-9-21(25,26)27/h2-6,12-13,17H,7-9H2,1H3,(H,28,31)(H,29,34)/t12?,13?,17-/m0/s1. The maximum Gasteiger partial charge on any atom is 0.408 e. The SMILES string of the molecule is CC1=C(C(=O)OCC(Cl)(Cl)Cl)N2C(=O)C(NC(=O)C(NC(=O)OCC(Cl)(Cl)Cl)c3ccccc3)[C@@H]2SC1. The number of nitrogens with one attached hydrogen (secondary N) is 2. The fourth-order valence-electron chi connectivity index (χ4n) is 3.47. The van der Waals surface area contributed by atoms with Crippen molar-refractivity contribution in [2.45, 2.75) is 32.0 Å². The number of alkyl halides is 6. The fraction of sp³-hybridized carbons (Fsp3) is 0.429. The number of amides is 3. The second kappa shape index (κ2) is 12.3. The van der Waals surface area contributed by atoms with Crippen molar-refractivity contribution in [3.63, 3.8) is 0 Å². The smallest absolute Gasteiger partial charge is 0.408 e. The van der Waals surface area contributed by atoms with Crippen molar-refractivity contribution in [2.24, 2.45) is 0 Å². The number of thioether (sulfide) groups is 1. The molecule has 1 aromatic carbocycles. The van der Waals surface area contributed by atoms with Crippen molar-refractivity contribution in [1.29, 1.82) is 0 Å². The maximum absolute atomic E-state index is 13.2. The predicted octanol–water partition coefficient (Wildman–Crippen LogP) is 4.41. The van der Waals surface area contributed by atoms with Gasteiger partial charge in [-0.25, -0.2) is 9.59 Å². The van der Waals surface area contributed by atoms with Gasteiger partial charge in [0.1, 0.15) is 36.4 Å². The minimum atomic E-state index is -1.84. The summed E-state index contributed by atoms with van der Waals surface area (Å²) in [6, 6.07) is 6.06. The van der Waals surface area contributed by atoms with Crippen LogP contribution in [0.5, 0.6) is 0 Å². The summed E-state index contributed by atoms with van der Waals surface area (Å²) in [7, 11) is 0. The van der Waals surface area contributed by atoms with E-state index in [4.69, 9.17) is 79.1 Å². The van der Waals surface area contributed by atoms with Crippen LogP contribution in [0.1, 0.15) is 18.5 Å². The van der Waals surface area contributed by atoms with Crippen molar-refractivity contribution in [3.05, 3.63) is 47.2 Å². The summed E-state index contributed by atoms with van der Waals surface area (Å²) >= 11 is 35.1. The topological polar surface area (TPSA) is 114 Å². The number of carbonyl (C=O) groups is 4. The van der Waals surface area contributed by atoms with Crippen molar-refractivity contribution in [3.8, 4) is 0 Å². The lowest BCUT2D eigenvalue weighted by molar-refractivity contribution is -0.153. The Bertz CT molecular complexity index is 1090. The number of hydrogen-bond donors (Lipinski definition) is 2. The number of nitrogens with zero attached hydrogens (tertiary/aromatic N) is 1. The normalized spacial score (nSPS) is 20.4. The Labute approximate surface area is 246 Å². The number of fused-ring (bicyclic) bond motifs is 1. The third-order valence-corrected chi connectivity index (χ3v) is 7.12. The first kappa shape index (κ1) is 30.3. The first-order valence-electron chi connectivity index (χ1n) is 10.4. The minimum absolute atomic E-state index is 0.0292. The summed E-state index contributed by atoms with van der Waals surface area (Å²) in [5.41, 5.74) is 1.04. The maximum atomic E-state index is 13.2. The monoisotopic (exact) mass is 651 g/mol. The highest BCUT2D eigenvalue weighted by atomic mass is 35.6. The fourth-order valence-corrected chi connectivity index (χ4v) is 5.09. The molecule has 37 heavy (non-hydrogen) atoms. The van der Waals surface area contributed by atoms with E-state index < -0.39 is 62.1 Å². The summed E-state index contributed by atoms with van der Waals surface area (Å²) < 4.78 is 6.26. The molecule has 1 saturated heterocycles. The summed E-state index contributed by atoms with van der Waals surface area (Å²) in [5, 5.41) is 4.45. The van der Waals surface area contributed by atoms with Gasteiger partial charge in [-0.15, -0.1) is 11.8 Å². The molecular formula is C21H19Cl6N3O6S. The number of esters is 1. The Balaban J connectivity index is 1.72. The van der Waals surface area contributed by atoms with Crippen LogP contribution in [0.15, 0.2) is 41.6 Å². The molecule has 9 nitrogen and oxygen atoms in total. The Morgan fingerprint density at radius 2 is 1.65 bits per heavy atom. The zero-order chi connectivity index (χ0) is 27.5. The second-order valence-corrected chi connectivity index (χ2v) is 14.0. The van der Waals surface area contributed by atoms with Gasteiger partial charge in [0, 0.05) is 5.75 Å². The summed E-state index contributed by atoms with van der Waals surface area (Å²) in [4.78, 5) is 52.4. The van der Waals surface area contributed by atoms with Crippen molar-refractivity contribution >= 4 is 105 Å². The largest absolute Gasteiger partial charge is 0.456 e. The van der Waals surface area contributed by atoms with Crippen LogP contribution in [0.25, 0.3) is 0 Å². The number of benzene rings is 1. The summed E-state index contributed by atoms with van der Waals surface area (Å²) in [5.74, 6) is -1.67. The number of carbonyl (C=O) groups excluding carboxylic acids is 4. The highest BCUT2D eigenvalue weighted by molar-refractivity contribution is 8.00. The third kappa shape index (κ3) is 8.11. The number of ether oxygens (including phenoxy) is 2. The van der Waals surface area contributed by atoms with E-state index in [1.54, 1.807) is 37.3 Å². The molecule has 0 saturated carbocycles. The lowest BCUT2D eigenvalue weighted by Gasteiger charge is -2.49. The van der Waals surface area contributed by atoms with Crippen molar-refractivity contribution in [1.82, 2.24) is 15.5 Å². The minimum Gasteiger partial charge on any atom is -0.456 e. The van der Waals surface area contributed by atoms with Crippen molar-refractivity contribution in [2.75, 3.05) is 19.0 Å². The van der Waals surface area contributed by atoms with E-state index in [-0.39, 0.29) is 5.70 Å². The number of β-lactam (4-membered cyclic amide) rings is 1. The van der Waals surface area contributed by atoms with Crippen LogP contribution in [-0.4, -0.2) is 66.7 Å². The Morgan fingerprint density at radius 1 is 1.05 bits per heavy atom. The third-order valence-electron chi connectivity index (χ3n) is 5.04. The molecule has 1 aromatic rings. The van der Waals surface area contributed by atoms with Gasteiger partial charge < -0.3 is 20.1 Å². The molecule has 2 N–H and O–H groups in total. The van der Waals surface area contributed by atoms with Crippen LogP contribution in [0.2, 0.25) is 0 Å².